The fourth-order valence-electron chi connectivity index (χ4n) is 4.14. The minimum Gasteiger partial charge on any atom is -0.444 e. The normalized spacial score (nSPS) is 17.0. The Morgan fingerprint density at radius 1 is 1.06 bits per heavy atom. The van der Waals surface area contributed by atoms with Gasteiger partial charge in [-0.2, -0.15) is 13.2 Å². The predicted octanol–water partition coefficient (Wildman–Crippen LogP) is 5.04. The Balaban J connectivity index is 1.51. The van der Waals surface area contributed by atoms with Gasteiger partial charge in [0.05, 0.1) is 11.3 Å². The van der Waals surface area contributed by atoms with E-state index >= 15 is 0 Å². The molecule has 4 rings (SSSR count). The summed E-state index contributed by atoms with van der Waals surface area (Å²) in [6, 6.07) is 8.56. The van der Waals surface area contributed by atoms with Gasteiger partial charge < -0.3 is 20.3 Å². The lowest BCUT2D eigenvalue weighted by Gasteiger charge is -2.23. The third-order valence-corrected chi connectivity index (χ3v) is 6.19. The molecule has 7 nitrogen and oxygen atoms in total. The van der Waals surface area contributed by atoms with Crippen LogP contribution in [0.15, 0.2) is 36.4 Å². The third-order valence-electron chi connectivity index (χ3n) is 6.19. The van der Waals surface area contributed by atoms with Crippen LogP contribution >= 0.6 is 0 Å². The molecule has 0 atom stereocenters. The van der Waals surface area contributed by atoms with Crippen molar-refractivity contribution in [2.24, 2.45) is 0 Å². The van der Waals surface area contributed by atoms with Crippen LogP contribution < -0.4 is 15.5 Å². The molecule has 1 aromatic heterocycles. The Kier molecular flexibility index (Phi) is 6.90. The molecule has 1 saturated carbocycles. The molecule has 0 spiro atoms. The largest absolute Gasteiger partial charge is 0.444 e. The standard InChI is InChI=1S/C26H31F3N4O3/c1-24(2,3)36-23(35)32-25(10-11-25)22(34)30-16-17-14-20(31-21(15-17)33-12-4-5-13-33)18-6-8-19(9-7-18)26(27,28)29/h6-9,14-15H,4-5,10-13,16H2,1-3H3,(H,30,34)(H,32,35). The van der Waals surface area contributed by atoms with Crippen LogP contribution in [0.3, 0.4) is 0 Å². The number of carbonyl (C=O) groups excluding carboxylic acids is 2. The van der Waals surface area contributed by atoms with Crippen molar-refractivity contribution in [1.82, 2.24) is 15.6 Å². The van der Waals surface area contributed by atoms with Gasteiger partial charge in [0, 0.05) is 25.2 Å². The van der Waals surface area contributed by atoms with Gasteiger partial charge >= 0.3 is 12.3 Å². The molecule has 1 aliphatic carbocycles. The summed E-state index contributed by atoms with van der Waals surface area (Å²) >= 11 is 0. The van der Waals surface area contributed by atoms with E-state index in [4.69, 9.17) is 9.72 Å². The molecule has 36 heavy (non-hydrogen) atoms. The number of ether oxygens (including phenoxy) is 1. The van der Waals surface area contributed by atoms with E-state index in [0.717, 1.165) is 49.4 Å². The molecule has 0 bridgehead atoms. The summed E-state index contributed by atoms with van der Waals surface area (Å²) in [6.45, 7) is 7.13. The van der Waals surface area contributed by atoms with Crippen molar-refractivity contribution in [3.63, 3.8) is 0 Å². The highest BCUT2D eigenvalue weighted by molar-refractivity contribution is 5.92. The summed E-state index contributed by atoms with van der Waals surface area (Å²) in [5.74, 6) is 0.422. The fraction of sp³-hybridized carbons (Fsp3) is 0.500. The molecule has 2 aromatic rings. The van der Waals surface area contributed by atoms with Crippen LogP contribution in [0.5, 0.6) is 0 Å². The van der Waals surface area contributed by atoms with E-state index < -0.39 is 29.0 Å². The molecule has 2 heterocycles. The Morgan fingerprint density at radius 3 is 2.25 bits per heavy atom. The number of amides is 2. The van der Waals surface area contributed by atoms with Crippen molar-refractivity contribution in [3.05, 3.63) is 47.5 Å². The van der Waals surface area contributed by atoms with Gasteiger partial charge in [-0.25, -0.2) is 9.78 Å². The van der Waals surface area contributed by atoms with Crippen LogP contribution in [0, 0.1) is 0 Å². The predicted molar refractivity (Wildman–Crippen MR) is 129 cm³/mol. The number of nitrogens with zero attached hydrogens (tertiary/aromatic N) is 2. The summed E-state index contributed by atoms with van der Waals surface area (Å²) in [5, 5.41) is 5.58. The molecule has 0 radical (unpaired) electrons. The molecule has 1 saturated heterocycles. The second-order valence-electron chi connectivity index (χ2n) is 10.4. The van der Waals surface area contributed by atoms with Gasteiger partial charge in [0.15, 0.2) is 0 Å². The highest BCUT2D eigenvalue weighted by atomic mass is 19.4. The first-order chi connectivity index (χ1) is 16.8. The minimum absolute atomic E-state index is 0.188. The molecule has 10 heteroatoms. The molecule has 2 amide bonds. The Labute approximate surface area is 208 Å². The lowest BCUT2D eigenvalue weighted by Crippen LogP contribution is -2.50. The zero-order valence-corrected chi connectivity index (χ0v) is 20.7. The van der Waals surface area contributed by atoms with E-state index in [9.17, 15) is 22.8 Å². The van der Waals surface area contributed by atoms with E-state index in [1.165, 1.54) is 12.1 Å². The highest BCUT2D eigenvalue weighted by Gasteiger charge is 2.51. The quantitative estimate of drug-likeness (QED) is 0.576. The summed E-state index contributed by atoms with van der Waals surface area (Å²) in [6.07, 6.45) is -1.94. The van der Waals surface area contributed by atoms with Gasteiger partial charge in [-0.15, -0.1) is 0 Å². The highest BCUT2D eigenvalue weighted by Crippen LogP contribution is 2.36. The van der Waals surface area contributed by atoms with Gasteiger partial charge in [0.1, 0.15) is 17.0 Å². The molecule has 0 unspecified atom stereocenters. The van der Waals surface area contributed by atoms with Crippen molar-refractivity contribution >= 4 is 17.8 Å². The van der Waals surface area contributed by atoms with Crippen LogP contribution in [0.25, 0.3) is 11.3 Å². The number of aromatic nitrogens is 1. The van der Waals surface area contributed by atoms with Gasteiger partial charge in [-0.1, -0.05) is 12.1 Å². The average Bonchev–Trinajstić information content (AvgIpc) is 3.35. The molecular weight excluding hydrogens is 473 g/mol. The van der Waals surface area contributed by atoms with E-state index in [-0.39, 0.29) is 12.5 Å². The number of hydrogen-bond acceptors (Lipinski definition) is 5. The summed E-state index contributed by atoms with van der Waals surface area (Å²) < 4.78 is 44.3. The number of halogens is 3. The van der Waals surface area contributed by atoms with Gasteiger partial charge in [0.25, 0.3) is 0 Å². The molecule has 2 aliphatic rings. The van der Waals surface area contributed by atoms with Crippen molar-refractivity contribution in [1.29, 1.82) is 0 Å². The number of carbonyl (C=O) groups is 2. The maximum absolute atomic E-state index is 13.0. The van der Waals surface area contributed by atoms with Crippen molar-refractivity contribution in [3.8, 4) is 11.3 Å². The van der Waals surface area contributed by atoms with E-state index in [1.807, 2.05) is 6.07 Å². The van der Waals surface area contributed by atoms with Crippen molar-refractivity contribution in [2.45, 2.75) is 70.3 Å². The first kappa shape index (κ1) is 25.8. The van der Waals surface area contributed by atoms with E-state index in [1.54, 1.807) is 26.8 Å². The number of rotatable bonds is 6. The van der Waals surface area contributed by atoms with Gasteiger partial charge in [0.2, 0.25) is 5.91 Å². The maximum Gasteiger partial charge on any atom is 0.416 e. The van der Waals surface area contributed by atoms with Gasteiger partial charge in [-0.05, 0) is 76.3 Å². The topological polar surface area (TPSA) is 83.6 Å². The number of benzene rings is 1. The minimum atomic E-state index is -4.41. The Hall–Kier alpha value is -3.30. The zero-order chi connectivity index (χ0) is 26.1. The van der Waals surface area contributed by atoms with Crippen LogP contribution in [0.1, 0.15) is 57.6 Å². The first-order valence-electron chi connectivity index (χ1n) is 12.1. The lowest BCUT2D eigenvalue weighted by molar-refractivity contribution is -0.137. The first-order valence-corrected chi connectivity index (χ1v) is 12.1. The number of alkyl carbamates (subject to hydrolysis) is 1. The lowest BCUT2D eigenvalue weighted by atomic mass is 10.1. The van der Waals surface area contributed by atoms with Crippen LogP contribution in [0.4, 0.5) is 23.8 Å². The second kappa shape index (κ2) is 9.63. The molecule has 1 aromatic carbocycles. The molecule has 2 N–H and O–H groups in total. The van der Waals surface area contributed by atoms with E-state index in [2.05, 4.69) is 15.5 Å². The summed E-state index contributed by atoms with van der Waals surface area (Å²) in [5.41, 5.74) is -0.519. The smallest absolute Gasteiger partial charge is 0.416 e. The van der Waals surface area contributed by atoms with Crippen molar-refractivity contribution in [2.75, 3.05) is 18.0 Å². The SMILES string of the molecule is CC(C)(C)OC(=O)NC1(C(=O)NCc2cc(-c3ccc(C(F)(F)F)cc3)nc(N3CCCC3)c2)CC1. The monoisotopic (exact) mass is 504 g/mol. The molecule has 1 aliphatic heterocycles. The van der Waals surface area contributed by atoms with Crippen LogP contribution in [0.2, 0.25) is 0 Å². The zero-order valence-electron chi connectivity index (χ0n) is 20.7. The number of anilines is 1. The summed E-state index contributed by atoms with van der Waals surface area (Å²) in [4.78, 5) is 31.9. The second-order valence-corrected chi connectivity index (χ2v) is 10.4. The number of alkyl halides is 3. The third kappa shape index (κ3) is 6.27. The number of nitrogens with one attached hydrogen (secondary N) is 2. The molecular formula is C26H31F3N4O3. The number of pyridine rings is 1. The maximum atomic E-state index is 13.0. The van der Waals surface area contributed by atoms with Crippen LogP contribution in [-0.4, -0.2) is 41.2 Å². The molecule has 194 valence electrons. The van der Waals surface area contributed by atoms with Crippen molar-refractivity contribution < 1.29 is 27.5 Å². The molecule has 2 fully saturated rings. The van der Waals surface area contributed by atoms with E-state index in [0.29, 0.717) is 24.1 Å². The Bertz CT molecular complexity index is 1120. The van der Waals surface area contributed by atoms with Gasteiger partial charge in [-0.3, -0.25) is 4.79 Å². The fourth-order valence-corrected chi connectivity index (χ4v) is 4.14. The Morgan fingerprint density at radius 2 is 1.69 bits per heavy atom. The van der Waals surface area contributed by atoms with Crippen LogP contribution in [-0.2, 0) is 22.3 Å². The average molecular weight is 505 g/mol. The summed E-state index contributed by atoms with van der Waals surface area (Å²) in [7, 11) is 0. The number of hydrogen-bond donors (Lipinski definition) is 2.